The Morgan fingerprint density at radius 2 is 2.16 bits per heavy atom. The van der Waals surface area contributed by atoms with Gasteiger partial charge in [0, 0.05) is 12.0 Å². The molecule has 0 radical (unpaired) electrons. The van der Waals surface area contributed by atoms with E-state index in [1.54, 1.807) is 25.1 Å². The maximum absolute atomic E-state index is 12.4. The summed E-state index contributed by atoms with van der Waals surface area (Å²) in [6.07, 6.45) is -0.175. The van der Waals surface area contributed by atoms with Gasteiger partial charge in [-0.25, -0.2) is 0 Å². The maximum atomic E-state index is 12.4. The van der Waals surface area contributed by atoms with Crippen LogP contribution in [0, 0.1) is 12.8 Å². The van der Waals surface area contributed by atoms with Crippen molar-refractivity contribution in [2.75, 3.05) is 11.9 Å². The number of carbonyl (C=O) groups is 3. The van der Waals surface area contributed by atoms with E-state index in [0.717, 1.165) is 5.56 Å². The first-order chi connectivity index (χ1) is 9.02. The number of rotatable bonds is 2. The number of aryl methyl sites for hydroxylation is 1. The van der Waals surface area contributed by atoms with Crippen molar-refractivity contribution in [2.45, 2.75) is 20.3 Å². The molecule has 1 heterocycles. The van der Waals surface area contributed by atoms with Crippen molar-refractivity contribution in [1.82, 2.24) is 0 Å². The highest BCUT2D eigenvalue weighted by Crippen LogP contribution is 2.27. The number of Topliss-reactive ketones (excluding diaryl/α,β-unsaturated/α-hetero) is 1. The van der Waals surface area contributed by atoms with Gasteiger partial charge in [-0.15, -0.1) is 0 Å². The standard InChI is InChI=1S/C14H15NO4/c1-3-19-14(18)10-7-12(16)15-11-5-4-8(2)6-9(11)13(10)17/h4-6,10H,3,7H2,1-2H3,(H,15,16). The molecule has 0 bridgehead atoms. The van der Waals surface area contributed by atoms with Crippen molar-refractivity contribution < 1.29 is 19.1 Å². The molecule has 0 saturated heterocycles. The van der Waals surface area contributed by atoms with E-state index < -0.39 is 11.9 Å². The minimum Gasteiger partial charge on any atom is -0.465 e. The lowest BCUT2D eigenvalue weighted by atomic mass is 9.94. The maximum Gasteiger partial charge on any atom is 0.317 e. The zero-order chi connectivity index (χ0) is 14.0. The van der Waals surface area contributed by atoms with E-state index in [-0.39, 0.29) is 24.7 Å². The number of fused-ring (bicyclic) bond motifs is 1. The van der Waals surface area contributed by atoms with E-state index in [0.29, 0.717) is 11.3 Å². The van der Waals surface area contributed by atoms with Gasteiger partial charge in [0.05, 0.1) is 12.3 Å². The second-order valence-electron chi connectivity index (χ2n) is 4.47. The van der Waals surface area contributed by atoms with Crippen LogP contribution in [0.4, 0.5) is 5.69 Å². The Bertz CT molecular complexity index is 550. The van der Waals surface area contributed by atoms with Crippen LogP contribution in [0.3, 0.4) is 0 Å². The Balaban J connectivity index is 2.43. The number of carbonyl (C=O) groups excluding carboxylic acids is 3. The van der Waals surface area contributed by atoms with E-state index in [4.69, 9.17) is 4.74 Å². The van der Waals surface area contributed by atoms with E-state index in [1.807, 2.05) is 6.92 Å². The smallest absolute Gasteiger partial charge is 0.317 e. The Morgan fingerprint density at radius 3 is 2.84 bits per heavy atom. The van der Waals surface area contributed by atoms with Crippen LogP contribution in [0.5, 0.6) is 0 Å². The van der Waals surface area contributed by atoms with Gasteiger partial charge in [-0.2, -0.15) is 0 Å². The predicted molar refractivity (Wildman–Crippen MR) is 68.9 cm³/mol. The number of ketones is 1. The van der Waals surface area contributed by atoms with Crippen molar-refractivity contribution in [2.24, 2.45) is 5.92 Å². The largest absolute Gasteiger partial charge is 0.465 e. The van der Waals surface area contributed by atoms with Crippen LogP contribution in [-0.4, -0.2) is 24.3 Å². The Morgan fingerprint density at radius 1 is 1.42 bits per heavy atom. The molecule has 1 aliphatic rings. The average molecular weight is 261 g/mol. The number of anilines is 1. The van der Waals surface area contributed by atoms with Crippen molar-refractivity contribution in [3.05, 3.63) is 29.3 Å². The molecule has 0 saturated carbocycles. The summed E-state index contributed by atoms with van der Waals surface area (Å²) in [6, 6.07) is 5.15. The van der Waals surface area contributed by atoms with E-state index >= 15 is 0 Å². The fraction of sp³-hybridized carbons (Fsp3) is 0.357. The SMILES string of the molecule is CCOC(=O)C1CC(=O)Nc2ccc(C)cc2C1=O. The average Bonchev–Trinajstić information content (AvgIpc) is 2.48. The summed E-state index contributed by atoms with van der Waals surface area (Å²) < 4.78 is 4.86. The van der Waals surface area contributed by atoms with Crippen molar-refractivity contribution >= 4 is 23.3 Å². The number of benzene rings is 1. The Kier molecular flexibility index (Phi) is 3.64. The molecule has 5 nitrogen and oxygen atoms in total. The van der Waals surface area contributed by atoms with Gasteiger partial charge in [0.15, 0.2) is 5.78 Å². The molecule has 100 valence electrons. The highest BCUT2D eigenvalue weighted by atomic mass is 16.5. The van der Waals surface area contributed by atoms with E-state index in [1.165, 1.54) is 0 Å². The molecular formula is C14H15NO4. The van der Waals surface area contributed by atoms with Gasteiger partial charge in [-0.3, -0.25) is 14.4 Å². The molecule has 0 aromatic heterocycles. The molecule has 1 aliphatic heterocycles. The molecule has 5 heteroatoms. The summed E-state index contributed by atoms with van der Waals surface area (Å²) in [5.74, 6) is -2.41. The normalized spacial score (nSPS) is 18.3. The summed E-state index contributed by atoms with van der Waals surface area (Å²) in [6.45, 7) is 3.70. The number of hydrogen-bond donors (Lipinski definition) is 1. The van der Waals surface area contributed by atoms with Crippen LogP contribution < -0.4 is 5.32 Å². The third-order valence-electron chi connectivity index (χ3n) is 2.99. The van der Waals surface area contributed by atoms with Crippen LogP contribution in [-0.2, 0) is 14.3 Å². The van der Waals surface area contributed by atoms with Gasteiger partial charge < -0.3 is 10.1 Å². The fourth-order valence-corrected chi connectivity index (χ4v) is 2.07. The lowest BCUT2D eigenvalue weighted by molar-refractivity contribution is -0.147. The number of esters is 1. The highest BCUT2D eigenvalue weighted by molar-refractivity contribution is 6.17. The van der Waals surface area contributed by atoms with Gasteiger partial charge in [0.1, 0.15) is 5.92 Å². The van der Waals surface area contributed by atoms with Gasteiger partial charge in [0.25, 0.3) is 0 Å². The van der Waals surface area contributed by atoms with Crippen molar-refractivity contribution in [1.29, 1.82) is 0 Å². The van der Waals surface area contributed by atoms with Crippen molar-refractivity contribution in [3.63, 3.8) is 0 Å². The van der Waals surface area contributed by atoms with Crippen LogP contribution in [0.25, 0.3) is 0 Å². The van der Waals surface area contributed by atoms with E-state index in [9.17, 15) is 14.4 Å². The quantitative estimate of drug-likeness (QED) is 0.649. The molecule has 0 fully saturated rings. The Hall–Kier alpha value is -2.17. The molecule has 0 aliphatic carbocycles. The summed E-state index contributed by atoms with van der Waals surface area (Å²) in [4.78, 5) is 35.9. The first-order valence-corrected chi connectivity index (χ1v) is 6.14. The third-order valence-corrected chi connectivity index (χ3v) is 2.99. The lowest BCUT2D eigenvalue weighted by Crippen LogP contribution is -2.27. The van der Waals surface area contributed by atoms with Crippen LogP contribution >= 0.6 is 0 Å². The third kappa shape index (κ3) is 2.65. The van der Waals surface area contributed by atoms with Gasteiger partial charge in [-0.05, 0) is 26.0 Å². The highest BCUT2D eigenvalue weighted by Gasteiger charge is 2.35. The lowest BCUT2D eigenvalue weighted by Gasteiger charge is -2.11. The molecular weight excluding hydrogens is 246 g/mol. The molecule has 1 amide bonds. The predicted octanol–water partition coefficient (Wildman–Crippen LogP) is 1.70. The summed E-state index contributed by atoms with van der Waals surface area (Å²) in [5, 5.41) is 2.64. The molecule has 1 N–H and O–H groups in total. The topological polar surface area (TPSA) is 72.5 Å². The molecule has 0 spiro atoms. The zero-order valence-electron chi connectivity index (χ0n) is 10.9. The molecule has 19 heavy (non-hydrogen) atoms. The van der Waals surface area contributed by atoms with Gasteiger partial charge >= 0.3 is 5.97 Å². The first kappa shape index (κ1) is 13.3. The second-order valence-corrected chi connectivity index (χ2v) is 4.47. The minimum absolute atomic E-state index is 0.175. The van der Waals surface area contributed by atoms with Gasteiger partial charge in [-0.1, -0.05) is 11.6 Å². The summed E-state index contributed by atoms with van der Waals surface area (Å²) in [7, 11) is 0. The minimum atomic E-state index is -1.05. The molecule has 1 aromatic rings. The number of ether oxygens (including phenoxy) is 1. The number of amides is 1. The molecule has 1 aromatic carbocycles. The molecule has 1 unspecified atom stereocenters. The molecule has 2 rings (SSSR count). The van der Waals surface area contributed by atoms with Crippen molar-refractivity contribution in [3.8, 4) is 0 Å². The first-order valence-electron chi connectivity index (χ1n) is 6.14. The van der Waals surface area contributed by atoms with Crippen LogP contribution in [0.1, 0.15) is 29.3 Å². The fourth-order valence-electron chi connectivity index (χ4n) is 2.07. The van der Waals surface area contributed by atoms with Crippen LogP contribution in [0.15, 0.2) is 18.2 Å². The van der Waals surface area contributed by atoms with E-state index in [2.05, 4.69) is 5.32 Å². The van der Waals surface area contributed by atoms with Gasteiger partial charge in [0.2, 0.25) is 5.91 Å². The number of nitrogens with one attached hydrogen (secondary N) is 1. The number of hydrogen-bond acceptors (Lipinski definition) is 4. The second kappa shape index (κ2) is 5.22. The zero-order valence-corrected chi connectivity index (χ0v) is 10.9. The molecule has 1 atom stereocenters. The Labute approximate surface area is 110 Å². The summed E-state index contributed by atoms with van der Waals surface area (Å²) in [5.41, 5.74) is 1.71. The monoisotopic (exact) mass is 261 g/mol. The summed E-state index contributed by atoms with van der Waals surface area (Å²) >= 11 is 0. The van der Waals surface area contributed by atoms with Crippen LogP contribution in [0.2, 0.25) is 0 Å².